The van der Waals surface area contributed by atoms with E-state index < -0.39 is 0 Å². The number of aromatic nitrogens is 5. The van der Waals surface area contributed by atoms with Gasteiger partial charge in [0.2, 0.25) is 0 Å². The van der Waals surface area contributed by atoms with Crippen LogP contribution in [0.4, 0.5) is 5.82 Å². The lowest BCUT2D eigenvalue weighted by molar-refractivity contribution is 0.835. The van der Waals surface area contributed by atoms with Crippen LogP contribution in [0, 0.1) is 0 Å². The van der Waals surface area contributed by atoms with Crippen LogP contribution in [0.1, 0.15) is 0 Å². The number of pyridine rings is 2. The van der Waals surface area contributed by atoms with Gasteiger partial charge in [0.05, 0.1) is 0 Å². The van der Waals surface area contributed by atoms with Crippen molar-refractivity contribution in [2.45, 2.75) is 0 Å². The summed E-state index contributed by atoms with van der Waals surface area (Å²) in [5.74, 6) is 0.459. The van der Waals surface area contributed by atoms with Crippen molar-refractivity contribution in [2.75, 3.05) is 5.73 Å². The maximum Gasteiger partial charge on any atom is 0.181 e. The van der Waals surface area contributed by atoms with Crippen LogP contribution in [0.25, 0.3) is 16.7 Å². The van der Waals surface area contributed by atoms with E-state index in [1.807, 2.05) is 18.2 Å². The summed E-state index contributed by atoms with van der Waals surface area (Å²) in [6.07, 6.45) is 0. The van der Waals surface area contributed by atoms with Crippen LogP contribution in [-0.4, -0.2) is 25.0 Å². The minimum atomic E-state index is 0.459. The van der Waals surface area contributed by atoms with Gasteiger partial charge in [-0.05, 0) is 34.7 Å². The monoisotopic (exact) mass is 186 g/mol. The topological polar surface area (TPSA) is 82.0 Å². The van der Waals surface area contributed by atoms with Gasteiger partial charge in [0, 0.05) is 5.39 Å². The Labute approximate surface area is 78.4 Å². The lowest BCUT2D eigenvalue weighted by Crippen LogP contribution is -1.96. The molecule has 2 N–H and O–H groups in total. The SMILES string of the molecule is Nc1ccc2ccc3nnnn3c2n1. The summed E-state index contributed by atoms with van der Waals surface area (Å²) < 4.78 is 1.56. The molecule has 0 fully saturated rings. The van der Waals surface area contributed by atoms with Gasteiger partial charge in [0.25, 0.3) is 0 Å². The summed E-state index contributed by atoms with van der Waals surface area (Å²) in [6, 6.07) is 7.38. The molecule has 0 aliphatic heterocycles. The van der Waals surface area contributed by atoms with E-state index in [0.717, 1.165) is 5.39 Å². The first-order valence-electron chi connectivity index (χ1n) is 4.08. The molecule has 14 heavy (non-hydrogen) atoms. The molecule has 0 bridgehead atoms. The maximum absolute atomic E-state index is 5.59. The first-order valence-corrected chi connectivity index (χ1v) is 4.08. The van der Waals surface area contributed by atoms with Gasteiger partial charge >= 0.3 is 0 Å². The third-order valence-corrected chi connectivity index (χ3v) is 2.03. The Morgan fingerprint density at radius 2 is 2.00 bits per heavy atom. The second-order valence-corrected chi connectivity index (χ2v) is 2.93. The van der Waals surface area contributed by atoms with Gasteiger partial charge in [-0.1, -0.05) is 0 Å². The fourth-order valence-electron chi connectivity index (χ4n) is 1.39. The van der Waals surface area contributed by atoms with Gasteiger partial charge < -0.3 is 5.73 Å². The van der Waals surface area contributed by atoms with Crippen molar-refractivity contribution in [1.82, 2.24) is 25.0 Å². The Hall–Kier alpha value is -2.24. The van der Waals surface area contributed by atoms with E-state index in [2.05, 4.69) is 20.5 Å². The van der Waals surface area contributed by atoms with Gasteiger partial charge in [-0.2, -0.15) is 4.52 Å². The maximum atomic E-state index is 5.59. The quantitative estimate of drug-likeness (QED) is 0.544. The van der Waals surface area contributed by atoms with E-state index in [1.165, 1.54) is 0 Å². The molecule has 3 rings (SSSR count). The Bertz CT molecular complexity index is 613. The van der Waals surface area contributed by atoms with Crippen molar-refractivity contribution >= 4 is 22.5 Å². The third kappa shape index (κ3) is 0.846. The molecule has 0 aliphatic carbocycles. The third-order valence-electron chi connectivity index (χ3n) is 2.03. The van der Waals surface area contributed by atoms with E-state index in [0.29, 0.717) is 17.1 Å². The summed E-state index contributed by atoms with van der Waals surface area (Å²) in [6.45, 7) is 0. The summed E-state index contributed by atoms with van der Waals surface area (Å²) in [4.78, 5) is 4.17. The fraction of sp³-hybridized carbons (Fsp3) is 0. The number of nitrogens with zero attached hydrogens (tertiary/aromatic N) is 5. The highest BCUT2D eigenvalue weighted by molar-refractivity contribution is 5.78. The molecule has 3 aromatic heterocycles. The molecular formula is C8H6N6. The van der Waals surface area contributed by atoms with Crippen LogP contribution in [0.3, 0.4) is 0 Å². The zero-order chi connectivity index (χ0) is 9.54. The van der Waals surface area contributed by atoms with Crippen molar-refractivity contribution in [3.8, 4) is 0 Å². The Morgan fingerprint density at radius 3 is 2.93 bits per heavy atom. The Morgan fingerprint density at radius 1 is 1.14 bits per heavy atom. The van der Waals surface area contributed by atoms with Crippen molar-refractivity contribution in [2.24, 2.45) is 0 Å². The van der Waals surface area contributed by atoms with Crippen molar-refractivity contribution in [1.29, 1.82) is 0 Å². The molecule has 0 spiro atoms. The largest absolute Gasteiger partial charge is 0.384 e. The second-order valence-electron chi connectivity index (χ2n) is 2.93. The predicted octanol–water partition coefficient (Wildman–Crippen LogP) is 0.255. The number of anilines is 1. The van der Waals surface area contributed by atoms with Crippen molar-refractivity contribution in [3.05, 3.63) is 24.3 Å². The molecule has 6 heteroatoms. The lowest BCUT2D eigenvalue weighted by atomic mass is 10.3. The van der Waals surface area contributed by atoms with Crippen LogP contribution in [0.15, 0.2) is 24.3 Å². The van der Waals surface area contributed by atoms with Crippen LogP contribution < -0.4 is 5.73 Å². The van der Waals surface area contributed by atoms with E-state index in [-0.39, 0.29) is 0 Å². The molecular weight excluding hydrogens is 180 g/mol. The molecule has 6 nitrogen and oxygen atoms in total. The molecule has 0 unspecified atom stereocenters. The zero-order valence-electron chi connectivity index (χ0n) is 7.12. The number of nitrogens with two attached hydrogens (primary N) is 1. The second kappa shape index (κ2) is 2.38. The van der Waals surface area contributed by atoms with E-state index in [9.17, 15) is 0 Å². The molecule has 0 aromatic carbocycles. The summed E-state index contributed by atoms with van der Waals surface area (Å²) in [5, 5.41) is 12.2. The van der Waals surface area contributed by atoms with E-state index >= 15 is 0 Å². The summed E-state index contributed by atoms with van der Waals surface area (Å²) in [5.41, 5.74) is 6.93. The molecule has 0 aliphatic rings. The molecule has 0 radical (unpaired) electrons. The summed E-state index contributed by atoms with van der Waals surface area (Å²) in [7, 11) is 0. The Balaban J connectivity index is 2.60. The normalized spacial score (nSPS) is 11.1. The molecule has 0 saturated heterocycles. The van der Waals surface area contributed by atoms with Gasteiger partial charge in [-0.3, -0.25) is 0 Å². The van der Waals surface area contributed by atoms with Crippen LogP contribution in [-0.2, 0) is 0 Å². The van der Waals surface area contributed by atoms with Crippen LogP contribution in [0.5, 0.6) is 0 Å². The predicted molar refractivity (Wildman–Crippen MR) is 50.5 cm³/mol. The molecule has 0 atom stereocenters. The number of tetrazole rings is 1. The van der Waals surface area contributed by atoms with E-state index in [1.54, 1.807) is 10.6 Å². The number of hydrogen-bond acceptors (Lipinski definition) is 5. The molecule has 0 saturated carbocycles. The fourth-order valence-corrected chi connectivity index (χ4v) is 1.39. The van der Waals surface area contributed by atoms with Gasteiger partial charge in [0.15, 0.2) is 11.3 Å². The smallest absolute Gasteiger partial charge is 0.181 e. The Kier molecular flexibility index (Phi) is 1.22. The minimum absolute atomic E-state index is 0.459. The van der Waals surface area contributed by atoms with Crippen molar-refractivity contribution < 1.29 is 0 Å². The van der Waals surface area contributed by atoms with Crippen LogP contribution in [0.2, 0.25) is 0 Å². The molecule has 3 aromatic rings. The van der Waals surface area contributed by atoms with Gasteiger partial charge in [-0.25, -0.2) is 4.98 Å². The first kappa shape index (κ1) is 7.19. The summed E-state index contributed by atoms with van der Waals surface area (Å²) >= 11 is 0. The number of hydrogen-bond donors (Lipinski definition) is 1. The van der Waals surface area contributed by atoms with Gasteiger partial charge in [-0.15, -0.1) is 5.10 Å². The van der Waals surface area contributed by atoms with E-state index in [4.69, 9.17) is 5.73 Å². The molecule has 68 valence electrons. The lowest BCUT2D eigenvalue weighted by Gasteiger charge is -1.98. The molecule has 0 amide bonds. The highest BCUT2D eigenvalue weighted by Crippen LogP contribution is 2.13. The first-order chi connectivity index (χ1) is 6.84. The average Bonchev–Trinajstić information content (AvgIpc) is 2.65. The number of fused-ring (bicyclic) bond motifs is 3. The minimum Gasteiger partial charge on any atom is -0.384 e. The average molecular weight is 186 g/mol. The molecule has 3 heterocycles. The number of nitrogen functional groups attached to an aromatic ring is 1. The highest BCUT2D eigenvalue weighted by atomic mass is 15.5. The zero-order valence-corrected chi connectivity index (χ0v) is 7.12. The standard InChI is InChI=1S/C8H6N6/c9-6-3-1-5-2-4-7-11-12-13-14(7)8(5)10-6/h1-4H,(H2,9,10). The number of rotatable bonds is 0. The van der Waals surface area contributed by atoms with Crippen molar-refractivity contribution in [3.63, 3.8) is 0 Å². The van der Waals surface area contributed by atoms with Crippen LogP contribution >= 0.6 is 0 Å². The highest BCUT2D eigenvalue weighted by Gasteiger charge is 2.03. The van der Waals surface area contributed by atoms with Gasteiger partial charge in [0.1, 0.15) is 5.82 Å².